The molecule has 0 aliphatic heterocycles. The highest BCUT2D eigenvalue weighted by atomic mass is 35.5. The molecule has 4 heteroatoms. The standard InChI is InChI=1S/C16H14Cl2FN/c1-3-4-5-12-13(9-15(17)20-16(12)18)11-7-6-10(2)8-14(11)19/h3,6-9H,1,4-5H2,2H3. The summed E-state index contributed by atoms with van der Waals surface area (Å²) >= 11 is 12.1. The van der Waals surface area contributed by atoms with Crippen LogP contribution in [0.25, 0.3) is 11.1 Å². The molecule has 0 spiro atoms. The van der Waals surface area contributed by atoms with Gasteiger partial charge in [-0.05, 0) is 48.6 Å². The molecule has 0 amide bonds. The maximum Gasteiger partial charge on any atom is 0.134 e. The van der Waals surface area contributed by atoms with Crippen molar-refractivity contribution in [2.45, 2.75) is 19.8 Å². The van der Waals surface area contributed by atoms with Gasteiger partial charge in [0.05, 0.1) is 0 Å². The van der Waals surface area contributed by atoms with Gasteiger partial charge in [0, 0.05) is 5.56 Å². The average molecular weight is 310 g/mol. The summed E-state index contributed by atoms with van der Waals surface area (Å²) < 4.78 is 14.2. The molecule has 20 heavy (non-hydrogen) atoms. The molecule has 0 atom stereocenters. The lowest BCUT2D eigenvalue weighted by atomic mass is 9.97. The Labute approximate surface area is 128 Å². The van der Waals surface area contributed by atoms with Crippen molar-refractivity contribution in [1.82, 2.24) is 4.98 Å². The number of hydrogen-bond acceptors (Lipinski definition) is 1. The number of benzene rings is 1. The van der Waals surface area contributed by atoms with Crippen LogP contribution in [0.4, 0.5) is 4.39 Å². The molecule has 0 aliphatic rings. The summed E-state index contributed by atoms with van der Waals surface area (Å²) in [6.45, 7) is 5.54. The Bertz CT molecular complexity index is 653. The molecule has 0 unspecified atom stereocenters. The van der Waals surface area contributed by atoms with Gasteiger partial charge in [-0.25, -0.2) is 9.37 Å². The molecule has 0 aliphatic carbocycles. The second-order valence-corrected chi connectivity index (χ2v) is 5.32. The van der Waals surface area contributed by atoms with Gasteiger partial charge >= 0.3 is 0 Å². The first kappa shape index (κ1) is 15.0. The van der Waals surface area contributed by atoms with Crippen molar-refractivity contribution >= 4 is 23.2 Å². The first-order valence-electron chi connectivity index (χ1n) is 6.25. The lowest BCUT2D eigenvalue weighted by Gasteiger charge is -2.12. The molecule has 0 N–H and O–H groups in total. The molecule has 0 radical (unpaired) electrons. The fraction of sp³-hybridized carbons (Fsp3) is 0.188. The minimum absolute atomic E-state index is 0.257. The third-order valence-corrected chi connectivity index (χ3v) is 3.56. The number of pyridine rings is 1. The first-order chi connectivity index (χ1) is 9.52. The summed E-state index contributed by atoms with van der Waals surface area (Å²) in [6.07, 6.45) is 3.18. The molecule has 1 aromatic heterocycles. The van der Waals surface area contributed by atoms with E-state index in [1.807, 2.05) is 13.0 Å². The van der Waals surface area contributed by atoms with E-state index in [1.165, 1.54) is 6.07 Å². The molecule has 2 rings (SSSR count). The highest BCUT2D eigenvalue weighted by molar-refractivity contribution is 6.33. The number of aryl methyl sites for hydroxylation is 1. The van der Waals surface area contributed by atoms with Crippen LogP contribution in [-0.2, 0) is 6.42 Å². The topological polar surface area (TPSA) is 12.9 Å². The van der Waals surface area contributed by atoms with Crippen LogP contribution in [0.3, 0.4) is 0 Å². The normalized spacial score (nSPS) is 10.6. The summed E-state index contributed by atoms with van der Waals surface area (Å²) in [5, 5.41) is 0.571. The second kappa shape index (κ2) is 6.38. The van der Waals surface area contributed by atoms with Crippen molar-refractivity contribution in [3.8, 4) is 11.1 Å². The zero-order valence-electron chi connectivity index (χ0n) is 11.1. The Kier molecular flexibility index (Phi) is 4.79. The zero-order chi connectivity index (χ0) is 14.7. The number of nitrogens with zero attached hydrogens (tertiary/aromatic N) is 1. The summed E-state index contributed by atoms with van der Waals surface area (Å²) in [4.78, 5) is 4.03. The van der Waals surface area contributed by atoms with Crippen LogP contribution in [0, 0.1) is 12.7 Å². The highest BCUT2D eigenvalue weighted by Crippen LogP contribution is 2.33. The van der Waals surface area contributed by atoms with Gasteiger partial charge in [0.1, 0.15) is 16.1 Å². The van der Waals surface area contributed by atoms with E-state index in [-0.39, 0.29) is 11.0 Å². The number of aromatic nitrogens is 1. The van der Waals surface area contributed by atoms with E-state index in [4.69, 9.17) is 23.2 Å². The molecule has 2 aromatic rings. The van der Waals surface area contributed by atoms with Crippen molar-refractivity contribution in [3.05, 3.63) is 64.2 Å². The molecular weight excluding hydrogens is 296 g/mol. The van der Waals surface area contributed by atoms with Crippen LogP contribution in [-0.4, -0.2) is 4.98 Å². The third-order valence-electron chi connectivity index (χ3n) is 3.06. The SMILES string of the molecule is C=CCCc1c(-c2ccc(C)cc2F)cc(Cl)nc1Cl. The zero-order valence-corrected chi connectivity index (χ0v) is 12.6. The number of halogens is 3. The summed E-state index contributed by atoms with van der Waals surface area (Å²) in [5.41, 5.74) is 2.83. The van der Waals surface area contributed by atoms with E-state index in [9.17, 15) is 4.39 Å². The number of hydrogen-bond donors (Lipinski definition) is 0. The van der Waals surface area contributed by atoms with Crippen molar-refractivity contribution in [2.24, 2.45) is 0 Å². The predicted molar refractivity (Wildman–Crippen MR) is 82.9 cm³/mol. The Morgan fingerprint density at radius 1 is 1.25 bits per heavy atom. The van der Waals surface area contributed by atoms with Gasteiger partial charge in [-0.3, -0.25) is 0 Å². The molecule has 104 valence electrons. The average Bonchev–Trinajstić information content (AvgIpc) is 2.37. The van der Waals surface area contributed by atoms with Crippen molar-refractivity contribution in [3.63, 3.8) is 0 Å². The van der Waals surface area contributed by atoms with E-state index < -0.39 is 0 Å². The minimum Gasteiger partial charge on any atom is -0.224 e. The molecule has 1 nitrogen and oxygen atoms in total. The van der Waals surface area contributed by atoms with Gasteiger partial charge in [-0.2, -0.15) is 0 Å². The molecule has 1 heterocycles. The van der Waals surface area contributed by atoms with Crippen molar-refractivity contribution in [2.75, 3.05) is 0 Å². The van der Waals surface area contributed by atoms with E-state index in [0.29, 0.717) is 22.7 Å². The minimum atomic E-state index is -0.289. The maximum atomic E-state index is 14.2. The van der Waals surface area contributed by atoms with Gasteiger partial charge in [0.2, 0.25) is 0 Å². The quantitative estimate of drug-likeness (QED) is 0.527. The van der Waals surface area contributed by atoms with Crippen LogP contribution in [0.2, 0.25) is 10.3 Å². The maximum absolute atomic E-state index is 14.2. The number of rotatable bonds is 4. The van der Waals surface area contributed by atoms with Crippen LogP contribution >= 0.6 is 23.2 Å². The van der Waals surface area contributed by atoms with Gasteiger partial charge < -0.3 is 0 Å². The Morgan fingerprint density at radius 3 is 2.65 bits per heavy atom. The Balaban J connectivity index is 2.61. The monoisotopic (exact) mass is 309 g/mol. The van der Waals surface area contributed by atoms with E-state index in [1.54, 1.807) is 18.2 Å². The van der Waals surface area contributed by atoms with Crippen molar-refractivity contribution < 1.29 is 4.39 Å². The lowest BCUT2D eigenvalue weighted by Crippen LogP contribution is -1.97. The van der Waals surface area contributed by atoms with Gasteiger partial charge in [-0.1, -0.05) is 41.4 Å². The van der Waals surface area contributed by atoms with E-state index in [2.05, 4.69) is 11.6 Å². The largest absolute Gasteiger partial charge is 0.224 e. The Hall–Kier alpha value is -1.38. The molecule has 0 saturated carbocycles. The molecule has 1 aromatic carbocycles. The fourth-order valence-corrected chi connectivity index (χ4v) is 2.60. The molecule has 0 saturated heterocycles. The fourth-order valence-electron chi connectivity index (χ4n) is 2.07. The summed E-state index contributed by atoms with van der Waals surface area (Å²) in [7, 11) is 0. The van der Waals surface area contributed by atoms with Crippen LogP contribution < -0.4 is 0 Å². The lowest BCUT2D eigenvalue weighted by molar-refractivity contribution is 0.630. The van der Waals surface area contributed by atoms with Crippen LogP contribution in [0.1, 0.15) is 17.5 Å². The third kappa shape index (κ3) is 3.20. The van der Waals surface area contributed by atoms with E-state index >= 15 is 0 Å². The van der Waals surface area contributed by atoms with Crippen LogP contribution in [0.5, 0.6) is 0 Å². The van der Waals surface area contributed by atoms with Gasteiger partial charge in [0.15, 0.2) is 0 Å². The smallest absolute Gasteiger partial charge is 0.134 e. The molecule has 0 bridgehead atoms. The molecular formula is C16H14Cl2FN. The Morgan fingerprint density at radius 2 is 2.00 bits per heavy atom. The first-order valence-corrected chi connectivity index (χ1v) is 7.01. The van der Waals surface area contributed by atoms with Gasteiger partial charge in [0.25, 0.3) is 0 Å². The highest BCUT2D eigenvalue weighted by Gasteiger charge is 2.15. The molecule has 0 fully saturated rings. The summed E-state index contributed by atoms with van der Waals surface area (Å²) in [5.74, 6) is -0.289. The van der Waals surface area contributed by atoms with Crippen LogP contribution in [0.15, 0.2) is 36.9 Å². The predicted octanol–water partition coefficient (Wildman–Crippen LogP) is 5.62. The number of allylic oxidation sites excluding steroid dienone is 1. The van der Waals surface area contributed by atoms with Crippen molar-refractivity contribution in [1.29, 1.82) is 0 Å². The van der Waals surface area contributed by atoms with Gasteiger partial charge in [-0.15, -0.1) is 6.58 Å². The second-order valence-electron chi connectivity index (χ2n) is 4.57. The van der Waals surface area contributed by atoms with E-state index in [0.717, 1.165) is 17.5 Å². The summed E-state index contributed by atoms with van der Waals surface area (Å²) in [6, 6.07) is 6.75.